The van der Waals surface area contributed by atoms with Gasteiger partial charge in [-0.1, -0.05) is 13.8 Å². The zero-order valence-corrected chi connectivity index (χ0v) is 12.3. The number of esters is 1. The summed E-state index contributed by atoms with van der Waals surface area (Å²) in [6, 6.07) is 0. The maximum Gasteiger partial charge on any atom is 0.311 e. The zero-order valence-electron chi connectivity index (χ0n) is 12.3. The van der Waals surface area contributed by atoms with Crippen molar-refractivity contribution in [1.82, 2.24) is 0 Å². The Morgan fingerprint density at radius 2 is 1.90 bits per heavy atom. The number of carbonyl (C=O) groups excluding carboxylic acids is 1. The first-order chi connectivity index (χ1) is 9.46. The van der Waals surface area contributed by atoms with Crippen molar-refractivity contribution >= 4 is 5.97 Å². The Morgan fingerprint density at radius 1 is 1.10 bits per heavy atom. The van der Waals surface area contributed by atoms with Crippen LogP contribution in [-0.4, -0.2) is 23.6 Å². The molecule has 2 bridgehead atoms. The van der Waals surface area contributed by atoms with Gasteiger partial charge in [0.25, 0.3) is 0 Å². The summed E-state index contributed by atoms with van der Waals surface area (Å²) in [5, 5.41) is 0. The van der Waals surface area contributed by atoms with E-state index in [9.17, 15) is 4.79 Å². The Kier molecular flexibility index (Phi) is 2.58. The average Bonchev–Trinajstić information content (AvgIpc) is 2.63. The molecule has 5 heteroatoms. The number of hydrogen-bond donors (Lipinski definition) is 0. The normalized spacial score (nSPS) is 57.8. The third-order valence-electron chi connectivity index (χ3n) is 5.97. The van der Waals surface area contributed by atoms with Crippen molar-refractivity contribution in [3.05, 3.63) is 0 Å². The van der Waals surface area contributed by atoms with E-state index in [1.54, 1.807) is 0 Å². The minimum atomic E-state index is -0.793. The van der Waals surface area contributed by atoms with Gasteiger partial charge in [0.15, 0.2) is 5.60 Å². The molecule has 0 aromatic rings. The van der Waals surface area contributed by atoms with Crippen molar-refractivity contribution in [3.8, 4) is 0 Å². The molecule has 4 saturated heterocycles. The predicted molar refractivity (Wildman–Crippen MR) is 68.0 cm³/mol. The Morgan fingerprint density at radius 3 is 2.70 bits per heavy atom. The Balaban J connectivity index is 1.84. The van der Waals surface area contributed by atoms with Crippen LogP contribution in [-0.2, 0) is 24.0 Å². The minimum Gasteiger partial charge on any atom is -0.432 e. The molecule has 1 unspecified atom stereocenters. The standard InChI is InChI=1S/C15H22O5/c1-8-4-5-11-9(2)12(16)17-13-15(11)10(8)6-7-14(3,18-13)19-20-15/h8-11,13H,4-7H2,1-3H3/t8-,9-,10?,11+,13-,14+,15-/m1/s1. The lowest BCUT2D eigenvalue weighted by Crippen LogP contribution is -2.69. The summed E-state index contributed by atoms with van der Waals surface area (Å²) in [5.41, 5.74) is -0.610. The fourth-order valence-electron chi connectivity index (χ4n) is 4.76. The van der Waals surface area contributed by atoms with Gasteiger partial charge in [0, 0.05) is 18.3 Å². The highest BCUT2D eigenvalue weighted by Gasteiger charge is 2.69. The van der Waals surface area contributed by atoms with Crippen LogP contribution >= 0.6 is 0 Å². The van der Waals surface area contributed by atoms with E-state index in [-0.39, 0.29) is 17.8 Å². The van der Waals surface area contributed by atoms with Gasteiger partial charge in [-0.3, -0.25) is 4.79 Å². The van der Waals surface area contributed by atoms with E-state index >= 15 is 0 Å². The molecule has 20 heavy (non-hydrogen) atoms. The number of ether oxygens (including phenoxy) is 2. The SMILES string of the molecule is C[C@@H]1CC[C@H]2[C@@H](C)C(=O)O[C@@H]3O[C@]4(C)CCC1[C@]32OO4. The van der Waals surface area contributed by atoms with Gasteiger partial charge < -0.3 is 9.47 Å². The predicted octanol–water partition coefficient (Wildman–Crippen LogP) is 2.39. The van der Waals surface area contributed by atoms with Crippen molar-refractivity contribution in [3.63, 3.8) is 0 Å². The third kappa shape index (κ3) is 1.46. The summed E-state index contributed by atoms with van der Waals surface area (Å²) in [6.45, 7) is 6.06. The van der Waals surface area contributed by atoms with Crippen molar-refractivity contribution in [2.75, 3.05) is 0 Å². The van der Waals surface area contributed by atoms with Crippen molar-refractivity contribution in [2.24, 2.45) is 23.7 Å². The molecule has 5 aliphatic rings. The average molecular weight is 282 g/mol. The van der Waals surface area contributed by atoms with Gasteiger partial charge in [-0.15, -0.1) is 0 Å². The molecule has 112 valence electrons. The fraction of sp³-hybridized carbons (Fsp3) is 0.933. The second-order valence-electron chi connectivity index (χ2n) is 7.14. The van der Waals surface area contributed by atoms with Crippen LogP contribution in [0.1, 0.15) is 46.5 Å². The summed E-state index contributed by atoms with van der Waals surface area (Å²) in [6.07, 6.45) is 3.24. The van der Waals surface area contributed by atoms with Crippen LogP contribution in [0.15, 0.2) is 0 Å². The molecule has 4 heterocycles. The van der Waals surface area contributed by atoms with Gasteiger partial charge >= 0.3 is 5.97 Å². The molecule has 5 nitrogen and oxygen atoms in total. The zero-order chi connectivity index (χ0) is 14.1. The van der Waals surface area contributed by atoms with E-state index in [1.807, 2.05) is 13.8 Å². The van der Waals surface area contributed by atoms with E-state index < -0.39 is 17.7 Å². The Hall–Kier alpha value is -0.650. The lowest BCUT2D eigenvalue weighted by molar-refractivity contribution is -0.559. The minimum absolute atomic E-state index is 0.123. The molecule has 5 fully saturated rings. The van der Waals surface area contributed by atoms with E-state index in [1.165, 1.54) is 0 Å². The summed E-state index contributed by atoms with van der Waals surface area (Å²) < 4.78 is 11.6. The van der Waals surface area contributed by atoms with Gasteiger partial charge in [0.1, 0.15) is 0 Å². The number of carbonyl (C=O) groups is 1. The van der Waals surface area contributed by atoms with E-state index in [0.29, 0.717) is 11.8 Å². The lowest BCUT2D eigenvalue weighted by atomic mass is 9.58. The largest absolute Gasteiger partial charge is 0.432 e. The van der Waals surface area contributed by atoms with Gasteiger partial charge in [0.2, 0.25) is 12.1 Å². The molecule has 5 rings (SSSR count). The topological polar surface area (TPSA) is 54.0 Å². The van der Waals surface area contributed by atoms with E-state index in [2.05, 4.69) is 6.92 Å². The highest BCUT2D eigenvalue weighted by atomic mass is 17.3. The highest BCUT2D eigenvalue weighted by molar-refractivity contribution is 5.74. The molecular formula is C15H22O5. The van der Waals surface area contributed by atoms with Gasteiger partial charge in [0.05, 0.1) is 5.92 Å². The molecular weight excluding hydrogens is 260 g/mol. The summed E-state index contributed by atoms with van der Waals surface area (Å²) in [4.78, 5) is 23.7. The second kappa shape index (κ2) is 3.96. The van der Waals surface area contributed by atoms with Crippen LogP contribution in [0.4, 0.5) is 0 Å². The molecule has 4 aliphatic heterocycles. The Bertz CT molecular complexity index is 452. The third-order valence-corrected chi connectivity index (χ3v) is 5.97. The van der Waals surface area contributed by atoms with Crippen LogP contribution in [0.2, 0.25) is 0 Å². The van der Waals surface area contributed by atoms with Crippen LogP contribution in [0, 0.1) is 23.7 Å². The summed E-state index contributed by atoms with van der Waals surface area (Å²) >= 11 is 0. The molecule has 0 N–H and O–H groups in total. The molecule has 0 amide bonds. The van der Waals surface area contributed by atoms with E-state index in [0.717, 1.165) is 25.7 Å². The van der Waals surface area contributed by atoms with Crippen LogP contribution in [0.5, 0.6) is 0 Å². The second-order valence-corrected chi connectivity index (χ2v) is 7.14. The smallest absolute Gasteiger partial charge is 0.311 e. The van der Waals surface area contributed by atoms with Crippen molar-refractivity contribution < 1.29 is 24.0 Å². The first-order valence-electron chi connectivity index (χ1n) is 7.71. The first-order valence-corrected chi connectivity index (χ1v) is 7.71. The molecule has 1 aliphatic carbocycles. The molecule has 1 saturated carbocycles. The van der Waals surface area contributed by atoms with E-state index in [4.69, 9.17) is 19.2 Å². The fourth-order valence-corrected chi connectivity index (χ4v) is 4.76. The maximum absolute atomic E-state index is 12.1. The number of rotatable bonds is 0. The Labute approximate surface area is 118 Å². The molecule has 0 aromatic heterocycles. The van der Waals surface area contributed by atoms with Gasteiger partial charge in [-0.2, -0.15) is 0 Å². The quantitative estimate of drug-likeness (QED) is 0.504. The van der Waals surface area contributed by atoms with Crippen LogP contribution in [0.3, 0.4) is 0 Å². The monoisotopic (exact) mass is 282 g/mol. The number of hydrogen-bond acceptors (Lipinski definition) is 5. The van der Waals surface area contributed by atoms with Crippen LogP contribution < -0.4 is 0 Å². The number of fused-ring (bicyclic) bond motifs is 2. The molecule has 0 radical (unpaired) electrons. The summed E-state index contributed by atoms with van der Waals surface area (Å²) in [5.74, 6) is -0.137. The van der Waals surface area contributed by atoms with Gasteiger partial charge in [-0.05, 0) is 32.1 Å². The first kappa shape index (κ1) is 13.0. The molecule has 0 aromatic carbocycles. The van der Waals surface area contributed by atoms with Crippen molar-refractivity contribution in [1.29, 1.82) is 0 Å². The maximum atomic E-state index is 12.1. The summed E-state index contributed by atoms with van der Waals surface area (Å²) in [7, 11) is 0. The van der Waals surface area contributed by atoms with Crippen LogP contribution in [0.25, 0.3) is 0 Å². The highest BCUT2D eigenvalue weighted by Crippen LogP contribution is 2.59. The lowest BCUT2D eigenvalue weighted by Gasteiger charge is -2.57. The molecule has 7 atom stereocenters. The van der Waals surface area contributed by atoms with Gasteiger partial charge in [-0.25, -0.2) is 9.78 Å². The van der Waals surface area contributed by atoms with Crippen molar-refractivity contribution in [2.45, 2.75) is 64.1 Å². The molecule has 1 spiro atoms.